The van der Waals surface area contributed by atoms with Crippen LogP contribution in [-0.2, 0) is 13.0 Å². The third-order valence-corrected chi connectivity index (χ3v) is 3.83. The van der Waals surface area contributed by atoms with Gasteiger partial charge >= 0.3 is 0 Å². The Morgan fingerprint density at radius 1 is 1.47 bits per heavy atom. The molecule has 2 rings (SSSR count). The smallest absolute Gasteiger partial charge is 0.138 e. The van der Waals surface area contributed by atoms with E-state index in [-0.39, 0.29) is 0 Å². The molecule has 17 heavy (non-hydrogen) atoms. The lowest BCUT2D eigenvalue weighted by atomic mass is 9.66. The van der Waals surface area contributed by atoms with Crippen LogP contribution in [0.5, 0.6) is 0 Å². The summed E-state index contributed by atoms with van der Waals surface area (Å²) in [6.45, 7) is 8.57. The van der Waals surface area contributed by atoms with E-state index in [1.165, 1.54) is 19.3 Å². The van der Waals surface area contributed by atoms with Gasteiger partial charge in [0.2, 0.25) is 0 Å². The average Bonchev–Trinajstić information content (AvgIpc) is 2.68. The van der Waals surface area contributed by atoms with Gasteiger partial charge in [-0.3, -0.25) is 4.68 Å². The second kappa shape index (κ2) is 5.17. The van der Waals surface area contributed by atoms with Gasteiger partial charge in [0, 0.05) is 25.6 Å². The molecule has 1 fully saturated rings. The number of nitrogens with one attached hydrogen (secondary N) is 1. The van der Waals surface area contributed by atoms with Crippen LogP contribution in [0, 0.1) is 5.41 Å². The molecular formula is C13H24N4. The molecule has 0 bridgehead atoms. The van der Waals surface area contributed by atoms with Crippen LogP contribution >= 0.6 is 0 Å². The number of aryl methyl sites for hydroxylation is 1. The van der Waals surface area contributed by atoms with Crippen molar-refractivity contribution in [1.82, 2.24) is 20.1 Å². The van der Waals surface area contributed by atoms with E-state index in [0.717, 1.165) is 25.3 Å². The van der Waals surface area contributed by atoms with Gasteiger partial charge in [-0.1, -0.05) is 20.3 Å². The maximum Gasteiger partial charge on any atom is 0.138 e. The molecule has 4 heteroatoms. The Balaban J connectivity index is 1.99. The molecule has 1 aromatic heterocycles. The van der Waals surface area contributed by atoms with E-state index in [2.05, 4.69) is 36.2 Å². The van der Waals surface area contributed by atoms with E-state index < -0.39 is 0 Å². The summed E-state index contributed by atoms with van der Waals surface area (Å²) < 4.78 is 2.02. The second-order valence-electron chi connectivity index (χ2n) is 5.56. The zero-order chi connectivity index (χ0) is 12.3. The van der Waals surface area contributed by atoms with Gasteiger partial charge in [0.1, 0.15) is 12.2 Å². The molecule has 0 aromatic carbocycles. The van der Waals surface area contributed by atoms with Crippen LogP contribution in [-0.4, -0.2) is 27.4 Å². The van der Waals surface area contributed by atoms with Crippen molar-refractivity contribution in [3.05, 3.63) is 12.2 Å². The molecule has 4 nitrogen and oxygen atoms in total. The Hall–Kier alpha value is -0.900. The van der Waals surface area contributed by atoms with Crippen molar-refractivity contribution in [3.8, 4) is 0 Å². The molecule has 96 valence electrons. The summed E-state index contributed by atoms with van der Waals surface area (Å²) in [7, 11) is 0. The molecule has 0 unspecified atom stereocenters. The Kier molecular flexibility index (Phi) is 3.82. The molecule has 0 aliphatic heterocycles. The maximum absolute atomic E-state index is 4.41. The summed E-state index contributed by atoms with van der Waals surface area (Å²) in [6.07, 6.45) is 6.76. The SMILES string of the molecule is CCn1ncnc1CC1(CNC(C)C)CCC1. The van der Waals surface area contributed by atoms with Crippen molar-refractivity contribution >= 4 is 0 Å². The minimum absolute atomic E-state index is 0.435. The lowest BCUT2D eigenvalue weighted by molar-refractivity contribution is 0.122. The normalized spacial score (nSPS) is 18.4. The zero-order valence-corrected chi connectivity index (χ0v) is 11.2. The van der Waals surface area contributed by atoms with Crippen molar-refractivity contribution in [2.45, 2.75) is 59.0 Å². The van der Waals surface area contributed by atoms with E-state index >= 15 is 0 Å². The molecule has 0 saturated heterocycles. The number of aromatic nitrogens is 3. The van der Waals surface area contributed by atoms with Crippen LogP contribution in [0.15, 0.2) is 6.33 Å². The monoisotopic (exact) mass is 236 g/mol. The summed E-state index contributed by atoms with van der Waals surface area (Å²) in [4.78, 5) is 4.41. The first-order valence-corrected chi connectivity index (χ1v) is 6.75. The summed E-state index contributed by atoms with van der Waals surface area (Å²) in [5.41, 5.74) is 0.435. The first-order valence-electron chi connectivity index (χ1n) is 6.75. The molecule has 0 spiro atoms. The van der Waals surface area contributed by atoms with Gasteiger partial charge in [0.15, 0.2) is 0 Å². The number of rotatable bonds is 6. The van der Waals surface area contributed by atoms with Gasteiger partial charge in [0.05, 0.1) is 0 Å². The van der Waals surface area contributed by atoms with Crippen LogP contribution < -0.4 is 5.32 Å². The predicted octanol–water partition coefficient (Wildman–Crippen LogP) is 2.01. The van der Waals surface area contributed by atoms with Crippen LogP contribution in [0.4, 0.5) is 0 Å². The first kappa shape index (κ1) is 12.6. The molecule has 0 amide bonds. The highest BCUT2D eigenvalue weighted by Gasteiger charge is 2.38. The summed E-state index contributed by atoms with van der Waals surface area (Å²) in [5, 5.41) is 7.84. The molecule has 1 heterocycles. The second-order valence-corrected chi connectivity index (χ2v) is 5.56. The minimum Gasteiger partial charge on any atom is -0.314 e. The van der Waals surface area contributed by atoms with Crippen molar-refractivity contribution in [1.29, 1.82) is 0 Å². The molecule has 1 aliphatic carbocycles. The molecule has 1 N–H and O–H groups in total. The topological polar surface area (TPSA) is 42.7 Å². The highest BCUT2D eigenvalue weighted by atomic mass is 15.3. The van der Waals surface area contributed by atoms with Gasteiger partial charge < -0.3 is 5.32 Å². The van der Waals surface area contributed by atoms with Gasteiger partial charge in [-0.15, -0.1) is 0 Å². The van der Waals surface area contributed by atoms with Gasteiger partial charge in [-0.25, -0.2) is 4.98 Å². The van der Waals surface area contributed by atoms with Crippen LogP contribution in [0.1, 0.15) is 45.9 Å². The molecule has 1 aromatic rings. The quantitative estimate of drug-likeness (QED) is 0.821. The number of hydrogen-bond donors (Lipinski definition) is 1. The van der Waals surface area contributed by atoms with Gasteiger partial charge in [0.25, 0.3) is 0 Å². The number of hydrogen-bond acceptors (Lipinski definition) is 3. The highest BCUT2D eigenvalue weighted by Crippen LogP contribution is 2.42. The molecule has 1 aliphatic rings. The van der Waals surface area contributed by atoms with Crippen molar-refractivity contribution in [2.24, 2.45) is 5.41 Å². The van der Waals surface area contributed by atoms with Crippen molar-refractivity contribution in [2.75, 3.05) is 6.54 Å². The standard InChI is InChI=1S/C13H24N4/c1-4-17-12(15-10-16-17)8-13(6-5-7-13)9-14-11(2)3/h10-11,14H,4-9H2,1-3H3. The lowest BCUT2D eigenvalue weighted by Gasteiger charge is -2.42. The zero-order valence-electron chi connectivity index (χ0n) is 11.2. The third-order valence-electron chi connectivity index (χ3n) is 3.83. The van der Waals surface area contributed by atoms with E-state index in [0.29, 0.717) is 11.5 Å². The number of nitrogens with zero attached hydrogens (tertiary/aromatic N) is 3. The largest absolute Gasteiger partial charge is 0.314 e. The van der Waals surface area contributed by atoms with E-state index in [4.69, 9.17) is 0 Å². The van der Waals surface area contributed by atoms with Crippen molar-refractivity contribution < 1.29 is 0 Å². The van der Waals surface area contributed by atoms with E-state index in [1.807, 2.05) is 4.68 Å². The van der Waals surface area contributed by atoms with Gasteiger partial charge in [-0.2, -0.15) is 5.10 Å². The van der Waals surface area contributed by atoms with Crippen LogP contribution in [0.3, 0.4) is 0 Å². The molecular weight excluding hydrogens is 212 g/mol. The average molecular weight is 236 g/mol. The fourth-order valence-corrected chi connectivity index (χ4v) is 2.54. The van der Waals surface area contributed by atoms with E-state index in [9.17, 15) is 0 Å². The Morgan fingerprint density at radius 2 is 2.24 bits per heavy atom. The summed E-state index contributed by atoms with van der Waals surface area (Å²) in [5.74, 6) is 1.15. The van der Waals surface area contributed by atoms with Crippen LogP contribution in [0.25, 0.3) is 0 Å². The first-order chi connectivity index (χ1) is 8.15. The fraction of sp³-hybridized carbons (Fsp3) is 0.846. The minimum atomic E-state index is 0.435. The fourth-order valence-electron chi connectivity index (χ4n) is 2.54. The third kappa shape index (κ3) is 2.86. The highest BCUT2D eigenvalue weighted by molar-refractivity contribution is 4.99. The maximum atomic E-state index is 4.41. The Labute approximate surface area is 104 Å². The predicted molar refractivity (Wildman–Crippen MR) is 68.8 cm³/mol. The molecule has 0 radical (unpaired) electrons. The summed E-state index contributed by atoms with van der Waals surface area (Å²) in [6, 6.07) is 0.566. The Morgan fingerprint density at radius 3 is 2.76 bits per heavy atom. The van der Waals surface area contributed by atoms with Crippen LogP contribution in [0.2, 0.25) is 0 Å². The Bertz CT molecular complexity index is 352. The summed E-state index contributed by atoms with van der Waals surface area (Å²) >= 11 is 0. The van der Waals surface area contributed by atoms with E-state index in [1.54, 1.807) is 6.33 Å². The molecule has 0 atom stereocenters. The molecule has 1 saturated carbocycles. The lowest BCUT2D eigenvalue weighted by Crippen LogP contribution is -2.44. The van der Waals surface area contributed by atoms with Crippen molar-refractivity contribution in [3.63, 3.8) is 0 Å². The van der Waals surface area contributed by atoms with Gasteiger partial charge in [-0.05, 0) is 25.2 Å².